The molecular weight excluding hydrogens is 236 g/mol. The number of rotatable bonds is 7. The molecule has 1 unspecified atom stereocenters. The minimum absolute atomic E-state index is 0.220. The molecule has 1 atom stereocenters. The first-order valence-electron chi connectivity index (χ1n) is 7.72. The van der Waals surface area contributed by atoms with Crippen molar-refractivity contribution in [2.24, 2.45) is 5.92 Å². The number of ketones is 1. The first-order chi connectivity index (χ1) is 9.12. The fourth-order valence-electron chi connectivity index (χ4n) is 2.67. The predicted octanol–water partition coefficient (Wildman–Crippen LogP) is 4.80. The average molecular weight is 264 g/mol. The summed E-state index contributed by atoms with van der Waals surface area (Å²) < 4.78 is 5.93. The van der Waals surface area contributed by atoms with E-state index < -0.39 is 0 Å². The van der Waals surface area contributed by atoms with Gasteiger partial charge >= 0.3 is 0 Å². The van der Waals surface area contributed by atoms with Crippen LogP contribution in [0.5, 0.6) is 0 Å². The summed E-state index contributed by atoms with van der Waals surface area (Å²) in [7, 11) is 0. The molecule has 0 aromatic heterocycles. The largest absolute Gasteiger partial charge is 0.482 e. The molecule has 0 N–H and O–H groups in total. The predicted molar refractivity (Wildman–Crippen MR) is 79.9 cm³/mol. The Morgan fingerprint density at radius 1 is 1.26 bits per heavy atom. The van der Waals surface area contributed by atoms with Gasteiger partial charge in [-0.05, 0) is 37.7 Å². The molecule has 0 saturated carbocycles. The standard InChI is InChI=1S/C17H28O2/c1-6-12(7-2)11-14-16(18)15(10-5)19-17(14)13(8-3)9-4/h8,12,15H,6-7,9-11H2,1-5H3/b13-8-. The van der Waals surface area contributed by atoms with Crippen molar-refractivity contribution in [1.82, 2.24) is 0 Å². The van der Waals surface area contributed by atoms with Gasteiger partial charge in [-0.3, -0.25) is 4.79 Å². The van der Waals surface area contributed by atoms with Gasteiger partial charge in [-0.2, -0.15) is 0 Å². The Hall–Kier alpha value is -1.05. The molecule has 1 aliphatic rings. The van der Waals surface area contributed by atoms with E-state index in [1.807, 2.05) is 13.8 Å². The molecule has 0 aliphatic carbocycles. The molecule has 0 amide bonds. The third-order valence-corrected chi connectivity index (χ3v) is 4.16. The summed E-state index contributed by atoms with van der Waals surface area (Å²) in [4.78, 5) is 12.4. The lowest BCUT2D eigenvalue weighted by atomic mass is 9.90. The Morgan fingerprint density at radius 3 is 2.32 bits per heavy atom. The Labute approximate surface area is 117 Å². The van der Waals surface area contributed by atoms with E-state index in [4.69, 9.17) is 4.74 Å². The smallest absolute Gasteiger partial charge is 0.202 e. The maximum absolute atomic E-state index is 12.4. The average Bonchev–Trinajstić information content (AvgIpc) is 2.74. The number of allylic oxidation sites excluding steroid dienone is 2. The van der Waals surface area contributed by atoms with E-state index in [0.29, 0.717) is 5.92 Å². The van der Waals surface area contributed by atoms with Gasteiger partial charge in [0.15, 0.2) is 6.10 Å². The van der Waals surface area contributed by atoms with Crippen LogP contribution in [-0.4, -0.2) is 11.9 Å². The lowest BCUT2D eigenvalue weighted by Gasteiger charge is -2.13. The van der Waals surface area contributed by atoms with Crippen molar-refractivity contribution in [2.75, 3.05) is 0 Å². The van der Waals surface area contributed by atoms with Crippen molar-refractivity contribution in [1.29, 1.82) is 0 Å². The number of hydrogen-bond donors (Lipinski definition) is 0. The highest BCUT2D eigenvalue weighted by Crippen LogP contribution is 2.35. The lowest BCUT2D eigenvalue weighted by molar-refractivity contribution is -0.121. The first kappa shape index (κ1) is 16.0. The molecule has 1 aliphatic heterocycles. The fraction of sp³-hybridized carbons (Fsp3) is 0.706. The van der Waals surface area contributed by atoms with E-state index in [1.54, 1.807) is 0 Å². The second-order valence-electron chi connectivity index (χ2n) is 5.24. The second-order valence-corrected chi connectivity index (χ2v) is 5.24. The van der Waals surface area contributed by atoms with E-state index in [1.165, 1.54) is 5.57 Å². The summed E-state index contributed by atoms with van der Waals surface area (Å²) in [5, 5.41) is 0. The zero-order valence-electron chi connectivity index (χ0n) is 13.1. The highest BCUT2D eigenvalue weighted by atomic mass is 16.5. The van der Waals surface area contributed by atoms with Gasteiger partial charge in [-0.15, -0.1) is 0 Å². The summed E-state index contributed by atoms with van der Waals surface area (Å²) in [6.45, 7) is 10.5. The van der Waals surface area contributed by atoms with Crippen molar-refractivity contribution in [3.63, 3.8) is 0 Å². The molecule has 2 nitrogen and oxygen atoms in total. The quantitative estimate of drug-likeness (QED) is 0.660. The molecule has 0 fully saturated rings. The lowest BCUT2D eigenvalue weighted by Crippen LogP contribution is -2.18. The number of carbonyl (C=O) groups is 1. The van der Waals surface area contributed by atoms with Gasteiger partial charge in [0.25, 0.3) is 0 Å². The zero-order chi connectivity index (χ0) is 14.4. The van der Waals surface area contributed by atoms with Crippen molar-refractivity contribution in [3.05, 3.63) is 23.0 Å². The molecule has 108 valence electrons. The van der Waals surface area contributed by atoms with Crippen LogP contribution < -0.4 is 0 Å². The first-order valence-corrected chi connectivity index (χ1v) is 7.72. The third kappa shape index (κ3) is 3.49. The van der Waals surface area contributed by atoms with E-state index in [2.05, 4.69) is 26.8 Å². The maximum atomic E-state index is 12.4. The van der Waals surface area contributed by atoms with Crippen LogP contribution in [0.2, 0.25) is 0 Å². The van der Waals surface area contributed by atoms with Crippen molar-refractivity contribution in [2.45, 2.75) is 72.8 Å². The van der Waals surface area contributed by atoms with E-state index in [0.717, 1.165) is 43.4 Å². The summed E-state index contributed by atoms with van der Waals surface area (Å²) in [6.07, 6.45) is 6.62. The Bertz CT molecular complexity index is 373. The highest BCUT2D eigenvalue weighted by molar-refractivity contribution is 6.01. The van der Waals surface area contributed by atoms with Crippen LogP contribution in [0.4, 0.5) is 0 Å². The van der Waals surface area contributed by atoms with Gasteiger partial charge in [-0.1, -0.05) is 46.6 Å². The number of hydrogen-bond acceptors (Lipinski definition) is 2. The van der Waals surface area contributed by atoms with Gasteiger partial charge in [0.1, 0.15) is 5.76 Å². The molecule has 0 bridgehead atoms. The minimum Gasteiger partial charge on any atom is -0.482 e. The Morgan fingerprint density at radius 2 is 1.89 bits per heavy atom. The van der Waals surface area contributed by atoms with Crippen molar-refractivity contribution >= 4 is 5.78 Å². The van der Waals surface area contributed by atoms with Crippen LogP contribution in [0.1, 0.15) is 66.7 Å². The molecule has 1 heterocycles. The summed E-state index contributed by atoms with van der Waals surface area (Å²) in [5.41, 5.74) is 2.11. The Kier molecular flexibility index (Phi) is 6.33. The van der Waals surface area contributed by atoms with Crippen LogP contribution >= 0.6 is 0 Å². The fourth-order valence-corrected chi connectivity index (χ4v) is 2.67. The second kappa shape index (κ2) is 7.52. The van der Waals surface area contributed by atoms with Crippen LogP contribution in [-0.2, 0) is 9.53 Å². The van der Waals surface area contributed by atoms with Gasteiger partial charge in [0.05, 0.1) is 0 Å². The van der Waals surface area contributed by atoms with E-state index in [-0.39, 0.29) is 11.9 Å². The van der Waals surface area contributed by atoms with Crippen LogP contribution in [0.3, 0.4) is 0 Å². The number of ether oxygens (including phenoxy) is 1. The van der Waals surface area contributed by atoms with Crippen LogP contribution in [0.25, 0.3) is 0 Å². The van der Waals surface area contributed by atoms with Gasteiger partial charge in [-0.25, -0.2) is 0 Å². The van der Waals surface area contributed by atoms with E-state index >= 15 is 0 Å². The molecule has 0 spiro atoms. The van der Waals surface area contributed by atoms with Gasteiger partial charge in [0.2, 0.25) is 5.78 Å². The molecule has 19 heavy (non-hydrogen) atoms. The SMILES string of the molecule is C/C=C(/CC)C1=C(CC(CC)CC)C(=O)C(CC)O1. The maximum Gasteiger partial charge on any atom is 0.202 e. The molecular formula is C17H28O2. The van der Waals surface area contributed by atoms with E-state index in [9.17, 15) is 4.79 Å². The Balaban J connectivity index is 3.07. The zero-order valence-corrected chi connectivity index (χ0v) is 13.1. The highest BCUT2D eigenvalue weighted by Gasteiger charge is 2.35. The normalized spacial score (nSPS) is 20.4. The van der Waals surface area contributed by atoms with Crippen LogP contribution in [0, 0.1) is 5.92 Å². The van der Waals surface area contributed by atoms with Crippen molar-refractivity contribution < 1.29 is 9.53 Å². The number of Topliss-reactive ketones (excluding diaryl/α,β-unsaturated/α-hetero) is 1. The molecule has 0 radical (unpaired) electrons. The summed E-state index contributed by atoms with van der Waals surface area (Å²) in [5.74, 6) is 1.69. The number of carbonyl (C=O) groups excluding carboxylic acids is 1. The van der Waals surface area contributed by atoms with Crippen molar-refractivity contribution in [3.8, 4) is 0 Å². The molecule has 0 saturated heterocycles. The summed E-state index contributed by atoms with van der Waals surface area (Å²) in [6, 6.07) is 0. The summed E-state index contributed by atoms with van der Waals surface area (Å²) >= 11 is 0. The monoisotopic (exact) mass is 264 g/mol. The van der Waals surface area contributed by atoms with Crippen LogP contribution in [0.15, 0.2) is 23.0 Å². The third-order valence-electron chi connectivity index (χ3n) is 4.16. The minimum atomic E-state index is -0.249. The molecule has 0 aromatic rings. The molecule has 2 heteroatoms. The topological polar surface area (TPSA) is 26.3 Å². The van der Waals surface area contributed by atoms with Gasteiger partial charge < -0.3 is 4.74 Å². The van der Waals surface area contributed by atoms with Gasteiger partial charge in [0, 0.05) is 5.57 Å². The molecule has 1 rings (SSSR count). The molecule has 0 aromatic carbocycles.